The molecule has 0 aromatic heterocycles. The zero-order valence-electron chi connectivity index (χ0n) is 12.7. The van der Waals surface area contributed by atoms with Gasteiger partial charge in [-0.3, -0.25) is 4.79 Å². The van der Waals surface area contributed by atoms with Gasteiger partial charge in [-0.1, -0.05) is 32.9 Å². The molecule has 1 amide bonds. The highest BCUT2D eigenvalue weighted by atomic mass is 32.2. The minimum atomic E-state index is -3.66. The highest BCUT2D eigenvalue weighted by Gasteiger charge is 2.38. The molecule has 1 atom stereocenters. The predicted octanol–water partition coefficient (Wildman–Crippen LogP) is 1.62. The van der Waals surface area contributed by atoms with Gasteiger partial charge in [-0.05, 0) is 36.0 Å². The van der Waals surface area contributed by atoms with Gasteiger partial charge in [-0.2, -0.15) is 4.31 Å². The molecular formula is C15H22N2O3S. The molecule has 0 spiro atoms. The molecule has 0 unspecified atom stereocenters. The van der Waals surface area contributed by atoms with Crippen molar-refractivity contribution in [3.63, 3.8) is 0 Å². The molecule has 1 aromatic rings. The van der Waals surface area contributed by atoms with Crippen molar-refractivity contribution in [2.45, 2.75) is 50.0 Å². The summed E-state index contributed by atoms with van der Waals surface area (Å²) in [5, 5.41) is 0. The van der Waals surface area contributed by atoms with Crippen LogP contribution >= 0.6 is 0 Å². The lowest BCUT2D eigenvalue weighted by molar-refractivity contribution is -0.121. The van der Waals surface area contributed by atoms with Crippen LogP contribution in [-0.4, -0.2) is 31.2 Å². The van der Waals surface area contributed by atoms with E-state index in [9.17, 15) is 13.2 Å². The van der Waals surface area contributed by atoms with E-state index in [0.717, 1.165) is 5.56 Å². The number of nitrogens with zero attached hydrogens (tertiary/aromatic N) is 1. The standard InChI is InChI=1S/C15H22N2O3S/c1-15(2,3)11-6-8-12(9-7-11)21(19,20)17-10-4-5-13(17)14(16)18/h6-9,13H,4-5,10H2,1-3H3,(H2,16,18)/t13-/m1/s1. The van der Waals surface area contributed by atoms with Gasteiger partial charge >= 0.3 is 0 Å². The molecule has 0 aliphatic carbocycles. The Morgan fingerprint density at radius 1 is 1.24 bits per heavy atom. The highest BCUT2D eigenvalue weighted by Crippen LogP contribution is 2.28. The molecule has 1 aliphatic rings. The van der Waals surface area contributed by atoms with Gasteiger partial charge in [-0.25, -0.2) is 8.42 Å². The van der Waals surface area contributed by atoms with E-state index >= 15 is 0 Å². The maximum absolute atomic E-state index is 12.6. The van der Waals surface area contributed by atoms with E-state index in [4.69, 9.17) is 5.73 Å². The van der Waals surface area contributed by atoms with Crippen molar-refractivity contribution < 1.29 is 13.2 Å². The van der Waals surface area contributed by atoms with Crippen molar-refractivity contribution in [1.82, 2.24) is 4.31 Å². The molecule has 1 aromatic carbocycles. The van der Waals surface area contributed by atoms with Crippen LogP contribution in [-0.2, 0) is 20.2 Å². The Morgan fingerprint density at radius 2 is 1.81 bits per heavy atom. The van der Waals surface area contributed by atoms with Crippen LogP contribution in [0.4, 0.5) is 0 Å². The van der Waals surface area contributed by atoms with Gasteiger partial charge in [0, 0.05) is 6.54 Å². The summed E-state index contributed by atoms with van der Waals surface area (Å²) in [6.45, 7) is 6.55. The summed E-state index contributed by atoms with van der Waals surface area (Å²) in [4.78, 5) is 11.6. The molecule has 5 nitrogen and oxygen atoms in total. The van der Waals surface area contributed by atoms with E-state index in [-0.39, 0.29) is 10.3 Å². The van der Waals surface area contributed by atoms with Crippen molar-refractivity contribution in [2.24, 2.45) is 5.73 Å². The second-order valence-electron chi connectivity index (χ2n) is 6.45. The monoisotopic (exact) mass is 310 g/mol. The molecule has 1 aliphatic heterocycles. The molecule has 116 valence electrons. The number of hydrogen-bond acceptors (Lipinski definition) is 3. The van der Waals surface area contributed by atoms with Gasteiger partial charge in [0.1, 0.15) is 6.04 Å². The minimum Gasteiger partial charge on any atom is -0.368 e. The first-order valence-corrected chi connectivity index (χ1v) is 8.50. The van der Waals surface area contributed by atoms with Crippen LogP contribution in [0, 0.1) is 0 Å². The zero-order chi connectivity index (χ0) is 15.8. The molecule has 21 heavy (non-hydrogen) atoms. The quantitative estimate of drug-likeness (QED) is 0.921. The molecule has 0 radical (unpaired) electrons. The van der Waals surface area contributed by atoms with Crippen molar-refractivity contribution in [2.75, 3.05) is 6.54 Å². The first-order chi connectivity index (χ1) is 9.64. The first-order valence-electron chi connectivity index (χ1n) is 7.06. The minimum absolute atomic E-state index is 0.0360. The Kier molecular flexibility index (Phi) is 4.13. The van der Waals surface area contributed by atoms with Crippen LogP contribution in [0.25, 0.3) is 0 Å². The molecule has 2 N–H and O–H groups in total. The third-order valence-corrected chi connectivity index (χ3v) is 5.78. The van der Waals surface area contributed by atoms with Crippen LogP contribution in [0.1, 0.15) is 39.2 Å². The number of nitrogens with two attached hydrogens (primary N) is 1. The molecule has 0 saturated carbocycles. The Hall–Kier alpha value is -1.40. The van der Waals surface area contributed by atoms with Gasteiger partial charge < -0.3 is 5.73 Å². The summed E-state index contributed by atoms with van der Waals surface area (Å²) in [5.41, 5.74) is 6.33. The Balaban J connectivity index is 2.34. The summed E-state index contributed by atoms with van der Waals surface area (Å²) >= 11 is 0. The maximum atomic E-state index is 12.6. The number of sulfonamides is 1. The average Bonchev–Trinajstić information content (AvgIpc) is 2.88. The normalized spacial score (nSPS) is 20.6. The lowest BCUT2D eigenvalue weighted by atomic mass is 9.87. The van der Waals surface area contributed by atoms with E-state index in [1.165, 1.54) is 4.31 Å². The fourth-order valence-corrected chi connectivity index (χ4v) is 4.24. The summed E-state index contributed by atoms with van der Waals surface area (Å²) in [5.74, 6) is -0.581. The summed E-state index contributed by atoms with van der Waals surface area (Å²) in [6.07, 6.45) is 1.15. The molecular weight excluding hydrogens is 288 g/mol. The number of carbonyl (C=O) groups excluding carboxylic acids is 1. The number of rotatable bonds is 3. The van der Waals surface area contributed by atoms with E-state index < -0.39 is 22.0 Å². The summed E-state index contributed by atoms with van der Waals surface area (Å²) < 4.78 is 26.5. The number of amides is 1. The Bertz CT molecular complexity index is 630. The molecule has 1 fully saturated rings. The number of primary amides is 1. The molecule has 1 heterocycles. The Labute approximate surface area is 126 Å². The van der Waals surface area contributed by atoms with Crippen LogP contribution in [0.3, 0.4) is 0 Å². The zero-order valence-corrected chi connectivity index (χ0v) is 13.5. The molecule has 6 heteroatoms. The molecule has 1 saturated heterocycles. The van der Waals surface area contributed by atoms with E-state index in [1.54, 1.807) is 12.1 Å². The second-order valence-corrected chi connectivity index (χ2v) is 8.34. The maximum Gasteiger partial charge on any atom is 0.243 e. The van der Waals surface area contributed by atoms with Crippen LogP contribution in [0.15, 0.2) is 29.2 Å². The van der Waals surface area contributed by atoms with E-state index in [0.29, 0.717) is 19.4 Å². The highest BCUT2D eigenvalue weighted by molar-refractivity contribution is 7.89. The van der Waals surface area contributed by atoms with Crippen LogP contribution in [0.2, 0.25) is 0 Å². The lowest BCUT2D eigenvalue weighted by Crippen LogP contribution is -2.43. The average molecular weight is 310 g/mol. The fourth-order valence-electron chi connectivity index (χ4n) is 2.57. The SMILES string of the molecule is CC(C)(C)c1ccc(S(=O)(=O)N2CCC[C@@H]2C(N)=O)cc1. The van der Waals surface area contributed by atoms with Crippen molar-refractivity contribution in [1.29, 1.82) is 0 Å². The summed E-state index contributed by atoms with van der Waals surface area (Å²) in [7, 11) is -3.66. The van der Waals surface area contributed by atoms with Crippen LogP contribution in [0.5, 0.6) is 0 Å². The number of benzene rings is 1. The van der Waals surface area contributed by atoms with Gasteiger partial charge in [0.2, 0.25) is 15.9 Å². The van der Waals surface area contributed by atoms with Crippen molar-refractivity contribution in [3.05, 3.63) is 29.8 Å². The van der Waals surface area contributed by atoms with Gasteiger partial charge in [0.05, 0.1) is 4.90 Å². The second kappa shape index (κ2) is 5.42. The fraction of sp³-hybridized carbons (Fsp3) is 0.533. The smallest absolute Gasteiger partial charge is 0.243 e. The third kappa shape index (κ3) is 3.11. The molecule has 2 rings (SSSR count). The van der Waals surface area contributed by atoms with Crippen LogP contribution < -0.4 is 5.73 Å². The predicted molar refractivity (Wildman–Crippen MR) is 81.3 cm³/mol. The van der Waals surface area contributed by atoms with Crippen molar-refractivity contribution in [3.8, 4) is 0 Å². The van der Waals surface area contributed by atoms with Gasteiger partial charge in [-0.15, -0.1) is 0 Å². The van der Waals surface area contributed by atoms with E-state index in [2.05, 4.69) is 20.8 Å². The summed E-state index contributed by atoms with van der Waals surface area (Å²) in [6, 6.07) is 6.13. The van der Waals surface area contributed by atoms with Gasteiger partial charge in [0.15, 0.2) is 0 Å². The molecule has 0 bridgehead atoms. The first kappa shape index (κ1) is 16.0. The third-order valence-electron chi connectivity index (χ3n) is 3.86. The largest absolute Gasteiger partial charge is 0.368 e. The van der Waals surface area contributed by atoms with Gasteiger partial charge in [0.25, 0.3) is 0 Å². The lowest BCUT2D eigenvalue weighted by Gasteiger charge is -2.23. The number of carbonyl (C=O) groups is 1. The topological polar surface area (TPSA) is 80.5 Å². The number of hydrogen-bond donors (Lipinski definition) is 1. The Morgan fingerprint density at radius 3 is 2.29 bits per heavy atom. The van der Waals surface area contributed by atoms with E-state index in [1.807, 2.05) is 12.1 Å². The van der Waals surface area contributed by atoms with Crippen molar-refractivity contribution >= 4 is 15.9 Å².